The highest BCUT2D eigenvalue weighted by molar-refractivity contribution is 4.98. The summed E-state index contributed by atoms with van der Waals surface area (Å²) in [6.45, 7) is 1.91. The van der Waals surface area contributed by atoms with Gasteiger partial charge in [0.1, 0.15) is 0 Å². The number of aromatic amines is 1. The van der Waals surface area contributed by atoms with Crippen LogP contribution in [0, 0.1) is 0 Å². The molecule has 0 aliphatic heterocycles. The van der Waals surface area contributed by atoms with Crippen molar-refractivity contribution in [2.24, 2.45) is 5.73 Å². The number of hydrogen-bond acceptors (Lipinski definition) is 2. The zero-order valence-corrected chi connectivity index (χ0v) is 4.76. The van der Waals surface area contributed by atoms with Crippen molar-refractivity contribution in [3.8, 4) is 0 Å². The quantitative estimate of drug-likeness (QED) is 0.552. The van der Waals surface area contributed by atoms with Gasteiger partial charge in [-0.25, -0.2) is 4.98 Å². The van der Waals surface area contributed by atoms with Gasteiger partial charge >= 0.3 is 0 Å². The fourth-order valence-corrected chi connectivity index (χ4v) is 0.516. The number of nitrogens with two attached hydrogens (primary N) is 1. The Morgan fingerprint density at radius 3 is 2.88 bits per heavy atom. The van der Waals surface area contributed by atoms with Crippen LogP contribution in [0.15, 0.2) is 12.5 Å². The smallest absolute Gasteiger partial charge is 0.0922 e. The van der Waals surface area contributed by atoms with Gasteiger partial charge in [-0.3, -0.25) is 0 Å². The molecule has 44 valence electrons. The van der Waals surface area contributed by atoms with Gasteiger partial charge in [-0.05, 0) is 6.92 Å². The van der Waals surface area contributed by atoms with Gasteiger partial charge in [0.05, 0.1) is 12.0 Å². The zero-order chi connectivity index (χ0) is 5.98. The highest BCUT2D eigenvalue weighted by atomic mass is 14.9. The lowest BCUT2D eigenvalue weighted by molar-refractivity contribution is 0.789. The molecule has 0 saturated carbocycles. The molecule has 1 heterocycles. The summed E-state index contributed by atoms with van der Waals surface area (Å²) in [7, 11) is 0. The molecule has 0 aromatic carbocycles. The second-order valence-electron chi connectivity index (χ2n) is 1.80. The van der Waals surface area contributed by atoms with Crippen LogP contribution in [0.4, 0.5) is 0 Å². The maximum Gasteiger partial charge on any atom is 0.0922 e. The van der Waals surface area contributed by atoms with Crippen molar-refractivity contribution in [3.63, 3.8) is 0 Å². The molecule has 0 spiro atoms. The van der Waals surface area contributed by atoms with Crippen LogP contribution < -0.4 is 5.73 Å². The van der Waals surface area contributed by atoms with E-state index < -0.39 is 0 Å². The van der Waals surface area contributed by atoms with Crippen molar-refractivity contribution < 1.29 is 0 Å². The SMILES string of the molecule is C[C@H](N)c1cnc[nH]1. The molecule has 0 saturated heterocycles. The third-order valence-corrected chi connectivity index (χ3v) is 1.01. The number of H-pyrrole nitrogens is 1. The van der Waals surface area contributed by atoms with Crippen LogP contribution in [-0.4, -0.2) is 9.97 Å². The monoisotopic (exact) mass is 111 g/mol. The number of imidazole rings is 1. The van der Waals surface area contributed by atoms with E-state index >= 15 is 0 Å². The summed E-state index contributed by atoms with van der Waals surface area (Å²) < 4.78 is 0. The second kappa shape index (κ2) is 1.96. The third-order valence-electron chi connectivity index (χ3n) is 1.01. The summed E-state index contributed by atoms with van der Waals surface area (Å²) in [5, 5.41) is 0. The molecule has 0 aliphatic rings. The van der Waals surface area contributed by atoms with Crippen LogP contribution in [0.25, 0.3) is 0 Å². The Labute approximate surface area is 47.9 Å². The summed E-state index contributed by atoms with van der Waals surface area (Å²) in [4.78, 5) is 6.71. The molecule has 0 fully saturated rings. The first-order valence-electron chi connectivity index (χ1n) is 2.54. The number of hydrogen-bond donors (Lipinski definition) is 2. The van der Waals surface area contributed by atoms with E-state index in [4.69, 9.17) is 5.73 Å². The second-order valence-corrected chi connectivity index (χ2v) is 1.80. The van der Waals surface area contributed by atoms with E-state index in [0.717, 1.165) is 5.69 Å². The average Bonchev–Trinajstić information content (AvgIpc) is 2.12. The van der Waals surface area contributed by atoms with Crippen LogP contribution in [0.5, 0.6) is 0 Å². The lowest BCUT2D eigenvalue weighted by Crippen LogP contribution is -2.04. The molecule has 1 aromatic rings. The lowest BCUT2D eigenvalue weighted by Gasteiger charge is -1.96. The first-order valence-corrected chi connectivity index (χ1v) is 2.54. The maximum atomic E-state index is 5.49. The molecule has 0 amide bonds. The van der Waals surface area contributed by atoms with E-state index in [9.17, 15) is 0 Å². The first kappa shape index (κ1) is 5.31. The molecule has 1 rings (SSSR count). The van der Waals surface area contributed by atoms with Crippen molar-refractivity contribution in [1.29, 1.82) is 0 Å². The first-order chi connectivity index (χ1) is 3.80. The van der Waals surface area contributed by atoms with E-state index in [0.29, 0.717) is 0 Å². The summed E-state index contributed by atoms with van der Waals surface area (Å²) in [6, 6.07) is 0.0671. The van der Waals surface area contributed by atoms with Crippen molar-refractivity contribution in [2.45, 2.75) is 13.0 Å². The highest BCUT2D eigenvalue weighted by Crippen LogP contribution is 2.00. The summed E-state index contributed by atoms with van der Waals surface area (Å²) in [5.74, 6) is 0. The molecular weight excluding hydrogens is 102 g/mol. The van der Waals surface area contributed by atoms with E-state index in [1.807, 2.05) is 6.92 Å². The Balaban J connectivity index is 2.77. The van der Waals surface area contributed by atoms with Crippen LogP contribution in [0.3, 0.4) is 0 Å². The zero-order valence-electron chi connectivity index (χ0n) is 4.76. The Bertz CT molecular complexity index is 143. The molecule has 1 atom stereocenters. The fourth-order valence-electron chi connectivity index (χ4n) is 0.516. The standard InChI is InChI=1S/C5H9N3/c1-4(6)5-2-7-3-8-5/h2-4H,6H2,1H3,(H,7,8)/t4-/m0/s1. The van der Waals surface area contributed by atoms with Crippen LogP contribution in [0.2, 0.25) is 0 Å². The van der Waals surface area contributed by atoms with Gasteiger partial charge in [0.25, 0.3) is 0 Å². The maximum absolute atomic E-state index is 5.49. The average molecular weight is 111 g/mol. The van der Waals surface area contributed by atoms with Crippen molar-refractivity contribution >= 4 is 0 Å². The third kappa shape index (κ3) is 0.869. The predicted octanol–water partition coefficient (Wildman–Crippen LogP) is 0.429. The molecular formula is C5H9N3. The van der Waals surface area contributed by atoms with E-state index in [-0.39, 0.29) is 6.04 Å². The van der Waals surface area contributed by atoms with Crippen molar-refractivity contribution in [1.82, 2.24) is 9.97 Å². The minimum atomic E-state index is 0.0671. The van der Waals surface area contributed by atoms with Gasteiger partial charge in [-0.2, -0.15) is 0 Å². The van der Waals surface area contributed by atoms with Gasteiger partial charge in [-0.15, -0.1) is 0 Å². The number of nitrogens with zero attached hydrogens (tertiary/aromatic N) is 1. The van der Waals surface area contributed by atoms with Crippen molar-refractivity contribution in [2.75, 3.05) is 0 Å². The Morgan fingerprint density at radius 2 is 2.62 bits per heavy atom. The molecule has 0 unspecified atom stereocenters. The van der Waals surface area contributed by atoms with E-state index in [1.54, 1.807) is 12.5 Å². The van der Waals surface area contributed by atoms with Crippen LogP contribution >= 0.6 is 0 Å². The molecule has 8 heavy (non-hydrogen) atoms. The number of nitrogens with one attached hydrogen (secondary N) is 1. The molecule has 3 N–H and O–H groups in total. The van der Waals surface area contributed by atoms with Gasteiger partial charge in [0, 0.05) is 12.2 Å². The van der Waals surface area contributed by atoms with E-state index in [1.165, 1.54) is 0 Å². The summed E-state index contributed by atoms with van der Waals surface area (Å²) in [6.07, 6.45) is 3.35. The van der Waals surface area contributed by atoms with Crippen LogP contribution in [0.1, 0.15) is 18.7 Å². The fraction of sp³-hybridized carbons (Fsp3) is 0.400. The number of aromatic nitrogens is 2. The molecule has 1 aromatic heterocycles. The predicted molar refractivity (Wildman–Crippen MR) is 31.2 cm³/mol. The van der Waals surface area contributed by atoms with Gasteiger partial charge in [-0.1, -0.05) is 0 Å². The summed E-state index contributed by atoms with van der Waals surface area (Å²) in [5.41, 5.74) is 6.46. The lowest BCUT2D eigenvalue weighted by atomic mass is 10.3. The van der Waals surface area contributed by atoms with Crippen molar-refractivity contribution in [3.05, 3.63) is 18.2 Å². The molecule has 0 bridgehead atoms. The van der Waals surface area contributed by atoms with E-state index in [2.05, 4.69) is 9.97 Å². The van der Waals surface area contributed by atoms with Gasteiger partial charge in [0.15, 0.2) is 0 Å². The molecule has 0 radical (unpaired) electrons. The summed E-state index contributed by atoms with van der Waals surface area (Å²) >= 11 is 0. The minimum Gasteiger partial charge on any atom is -0.347 e. The van der Waals surface area contributed by atoms with Gasteiger partial charge in [0.2, 0.25) is 0 Å². The Hall–Kier alpha value is -0.830. The highest BCUT2D eigenvalue weighted by Gasteiger charge is 1.96. The Kier molecular flexibility index (Phi) is 1.30. The Morgan fingerprint density at radius 1 is 1.88 bits per heavy atom. The molecule has 0 aliphatic carbocycles. The minimum absolute atomic E-state index is 0.0671. The molecule has 3 nitrogen and oxygen atoms in total. The normalized spacial score (nSPS) is 13.8. The largest absolute Gasteiger partial charge is 0.347 e. The van der Waals surface area contributed by atoms with Gasteiger partial charge < -0.3 is 10.7 Å². The van der Waals surface area contributed by atoms with Crippen LogP contribution in [-0.2, 0) is 0 Å². The topological polar surface area (TPSA) is 54.7 Å². The molecule has 3 heteroatoms. The number of rotatable bonds is 1.